The van der Waals surface area contributed by atoms with E-state index in [-0.39, 0.29) is 40.5 Å². The maximum absolute atomic E-state index is 13.1. The Hall–Kier alpha value is -3.57. The molecular weight excluding hydrogens is 529 g/mol. The van der Waals surface area contributed by atoms with Crippen LogP contribution in [0.15, 0.2) is 71.8 Å². The van der Waals surface area contributed by atoms with Crippen LogP contribution in [0.3, 0.4) is 0 Å². The summed E-state index contributed by atoms with van der Waals surface area (Å²) in [6.45, 7) is 1.59. The number of rotatable bonds is 6. The second kappa shape index (κ2) is 10.4. The van der Waals surface area contributed by atoms with Gasteiger partial charge in [-0.2, -0.15) is 13.2 Å². The summed E-state index contributed by atoms with van der Waals surface area (Å²) in [6.07, 6.45) is 1.44. The second-order valence-electron chi connectivity index (χ2n) is 8.19. The molecule has 0 N–H and O–H groups in total. The van der Waals surface area contributed by atoms with E-state index in [0.29, 0.717) is 16.3 Å². The fourth-order valence-electron chi connectivity index (χ4n) is 3.79. The number of amides is 4. The van der Waals surface area contributed by atoms with Gasteiger partial charge in [0, 0.05) is 35.4 Å². The lowest BCUT2D eigenvalue weighted by molar-refractivity contribution is -0.119. The third-order valence-corrected chi connectivity index (χ3v) is 6.72. The van der Waals surface area contributed by atoms with E-state index in [1.807, 2.05) is 0 Å². The third kappa shape index (κ3) is 5.89. The summed E-state index contributed by atoms with van der Waals surface area (Å²) in [5.74, 6) is -0.881. The number of benzene rings is 2. The molecule has 0 radical (unpaired) electrons. The van der Waals surface area contributed by atoms with Crippen LogP contribution < -0.4 is 9.80 Å². The molecule has 12 heteroatoms. The maximum Gasteiger partial charge on any atom is 0.446 e. The van der Waals surface area contributed by atoms with E-state index < -0.39 is 23.5 Å². The third-order valence-electron chi connectivity index (χ3n) is 5.73. The van der Waals surface area contributed by atoms with E-state index in [1.165, 1.54) is 40.3 Å². The highest BCUT2D eigenvalue weighted by Gasteiger charge is 2.43. The summed E-state index contributed by atoms with van der Waals surface area (Å²) in [5.41, 5.74) is -2.93. The molecule has 0 spiro atoms. The number of imide groups is 1. The summed E-state index contributed by atoms with van der Waals surface area (Å²) in [5, 5.41) is 0.536. The molecule has 37 heavy (non-hydrogen) atoms. The molecule has 1 aliphatic rings. The number of hydrogen-bond donors (Lipinski definition) is 0. The van der Waals surface area contributed by atoms with E-state index >= 15 is 0 Å². The van der Waals surface area contributed by atoms with Crippen molar-refractivity contribution in [3.63, 3.8) is 0 Å². The van der Waals surface area contributed by atoms with Gasteiger partial charge < -0.3 is 9.80 Å². The summed E-state index contributed by atoms with van der Waals surface area (Å²) >= 11 is 5.63. The maximum atomic E-state index is 13.1. The van der Waals surface area contributed by atoms with Gasteiger partial charge in [0.05, 0.1) is 5.69 Å². The van der Waals surface area contributed by atoms with Gasteiger partial charge in [0.2, 0.25) is 0 Å². The Bertz CT molecular complexity index is 1340. The Morgan fingerprint density at radius 3 is 2.35 bits per heavy atom. The van der Waals surface area contributed by atoms with Gasteiger partial charge >= 0.3 is 11.5 Å². The highest BCUT2D eigenvalue weighted by atomic mass is 35.5. The van der Waals surface area contributed by atoms with Gasteiger partial charge in [0.1, 0.15) is 11.7 Å². The average Bonchev–Trinajstić information content (AvgIpc) is 3.06. The Balaban J connectivity index is 1.50. The minimum Gasteiger partial charge on any atom is -0.310 e. The summed E-state index contributed by atoms with van der Waals surface area (Å²) in [6, 6.07) is 13.5. The minimum atomic E-state index is -4.44. The van der Waals surface area contributed by atoms with Crippen molar-refractivity contribution < 1.29 is 27.6 Å². The predicted octanol–water partition coefficient (Wildman–Crippen LogP) is 5.98. The van der Waals surface area contributed by atoms with Crippen molar-refractivity contribution in [1.29, 1.82) is 0 Å². The Morgan fingerprint density at radius 2 is 1.73 bits per heavy atom. The standard InChI is InChI=1S/C25H20ClF3N4O3S/c1-15-22(34)33(19-7-9-20(10-8-19)37-25(27,28)29)24(36)32(15)14-16-11-12-30-21(13-16)23(35)31(2)18-5-3-17(26)4-6-18/h3-13,15H,14H2,1-2H3. The molecular formula is C25H20ClF3N4O3S. The molecule has 1 aromatic heterocycles. The summed E-state index contributed by atoms with van der Waals surface area (Å²) in [7, 11) is 1.60. The normalized spacial score (nSPS) is 15.9. The number of alkyl halides is 3. The number of carbonyl (C=O) groups is 3. The minimum absolute atomic E-state index is 0.0255. The fourth-order valence-corrected chi connectivity index (χ4v) is 4.45. The lowest BCUT2D eigenvalue weighted by Gasteiger charge is -2.20. The molecule has 3 aromatic rings. The first kappa shape index (κ1) is 26.5. The van der Waals surface area contributed by atoms with Gasteiger partial charge in [-0.1, -0.05) is 11.6 Å². The van der Waals surface area contributed by atoms with E-state index in [1.54, 1.807) is 50.4 Å². The van der Waals surface area contributed by atoms with Crippen LogP contribution in [0, 0.1) is 0 Å². The van der Waals surface area contributed by atoms with Crippen molar-refractivity contribution in [3.8, 4) is 0 Å². The van der Waals surface area contributed by atoms with Gasteiger partial charge in [-0.3, -0.25) is 14.6 Å². The highest BCUT2D eigenvalue weighted by molar-refractivity contribution is 8.00. The number of pyridine rings is 1. The predicted molar refractivity (Wildman–Crippen MR) is 135 cm³/mol. The van der Waals surface area contributed by atoms with Crippen molar-refractivity contribution in [2.24, 2.45) is 0 Å². The van der Waals surface area contributed by atoms with Crippen LogP contribution >= 0.6 is 23.4 Å². The highest BCUT2D eigenvalue weighted by Crippen LogP contribution is 2.38. The zero-order valence-electron chi connectivity index (χ0n) is 19.6. The zero-order chi connectivity index (χ0) is 26.9. The van der Waals surface area contributed by atoms with Crippen LogP contribution in [0.25, 0.3) is 0 Å². The Labute approximate surface area is 219 Å². The molecule has 4 rings (SSSR count). The van der Waals surface area contributed by atoms with Crippen molar-refractivity contribution in [1.82, 2.24) is 9.88 Å². The van der Waals surface area contributed by atoms with Gasteiger partial charge in [0.25, 0.3) is 11.8 Å². The van der Waals surface area contributed by atoms with Crippen LogP contribution in [-0.4, -0.2) is 46.3 Å². The first-order valence-electron chi connectivity index (χ1n) is 10.9. The Kier molecular flexibility index (Phi) is 7.47. The zero-order valence-corrected chi connectivity index (χ0v) is 21.1. The molecule has 0 aliphatic carbocycles. The quantitative estimate of drug-likeness (QED) is 0.280. The van der Waals surface area contributed by atoms with Crippen LogP contribution in [-0.2, 0) is 11.3 Å². The molecule has 2 heterocycles. The molecule has 1 unspecified atom stereocenters. The van der Waals surface area contributed by atoms with Crippen LogP contribution in [0.2, 0.25) is 5.02 Å². The molecule has 2 aromatic carbocycles. The van der Waals surface area contributed by atoms with Crippen molar-refractivity contribution in [2.45, 2.75) is 29.9 Å². The van der Waals surface area contributed by atoms with Crippen LogP contribution in [0.1, 0.15) is 23.0 Å². The van der Waals surface area contributed by atoms with Crippen molar-refractivity contribution in [2.75, 3.05) is 16.8 Å². The number of hydrogen-bond acceptors (Lipinski definition) is 5. The van der Waals surface area contributed by atoms with Gasteiger partial charge in [-0.25, -0.2) is 9.69 Å². The summed E-state index contributed by atoms with van der Waals surface area (Å²) in [4.78, 5) is 46.7. The summed E-state index contributed by atoms with van der Waals surface area (Å²) < 4.78 is 37.8. The lowest BCUT2D eigenvalue weighted by Crippen LogP contribution is -2.33. The van der Waals surface area contributed by atoms with E-state index in [2.05, 4.69) is 4.98 Å². The number of nitrogens with zero attached hydrogens (tertiary/aromatic N) is 4. The molecule has 7 nitrogen and oxygen atoms in total. The van der Waals surface area contributed by atoms with E-state index in [4.69, 9.17) is 11.6 Å². The molecule has 0 bridgehead atoms. The molecule has 1 atom stereocenters. The SMILES string of the molecule is CC1C(=O)N(c2ccc(SC(F)(F)F)cc2)C(=O)N1Cc1ccnc(C(=O)N(C)c2ccc(Cl)cc2)c1. The lowest BCUT2D eigenvalue weighted by atomic mass is 10.2. The van der Waals surface area contributed by atoms with Gasteiger partial charge in [0.15, 0.2) is 0 Å². The molecule has 4 amide bonds. The van der Waals surface area contributed by atoms with Gasteiger partial charge in [-0.15, -0.1) is 0 Å². The van der Waals surface area contributed by atoms with Crippen LogP contribution in [0.4, 0.5) is 29.3 Å². The molecule has 0 saturated carbocycles. The van der Waals surface area contributed by atoms with E-state index in [0.717, 1.165) is 4.90 Å². The fraction of sp³-hybridized carbons (Fsp3) is 0.200. The average molecular weight is 549 g/mol. The number of halogens is 4. The molecule has 1 fully saturated rings. The van der Waals surface area contributed by atoms with Gasteiger partial charge in [-0.05, 0) is 84.9 Å². The number of aromatic nitrogens is 1. The van der Waals surface area contributed by atoms with Crippen LogP contribution in [0.5, 0.6) is 0 Å². The monoisotopic (exact) mass is 548 g/mol. The first-order chi connectivity index (χ1) is 17.4. The second-order valence-corrected chi connectivity index (χ2v) is 9.77. The number of carbonyl (C=O) groups excluding carboxylic acids is 3. The first-order valence-corrected chi connectivity index (χ1v) is 12.1. The number of urea groups is 1. The number of thioether (sulfide) groups is 1. The van der Waals surface area contributed by atoms with Crippen molar-refractivity contribution in [3.05, 3.63) is 83.1 Å². The topological polar surface area (TPSA) is 73.8 Å². The molecule has 192 valence electrons. The van der Waals surface area contributed by atoms with Crippen molar-refractivity contribution >= 4 is 52.6 Å². The molecule has 1 saturated heterocycles. The Morgan fingerprint density at radius 1 is 1.08 bits per heavy atom. The number of anilines is 2. The molecule has 1 aliphatic heterocycles. The smallest absolute Gasteiger partial charge is 0.310 e. The largest absolute Gasteiger partial charge is 0.446 e. The van der Waals surface area contributed by atoms with E-state index in [9.17, 15) is 27.6 Å².